The molecule has 0 aliphatic heterocycles. The Labute approximate surface area is 176 Å². The number of hydrogen-bond acceptors (Lipinski definition) is 7. The van der Waals surface area contributed by atoms with E-state index < -0.39 is 16.8 Å². The summed E-state index contributed by atoms with van der Waals surface area (Å²) < 4.78 is 12.0. The largest absolute Gasteiger partial charge is 0.497 e. The predicted molar refractivity (Wildman–Crippen MR) is 109 cm³/mol. The number of benzene rings is 2. The van der Waals surface area contributed by atoms with Crippen molar-refractivity contribution in [2.75, 3.05) is 12.4 Å². The normalized spacial score (nSPS) is 10.4. The van der Waals surface area contributed by atoms with Crippen LogP contribution in [-0.4, -0.2) is 38.8 Å². The maximum absolute atomic E-state index is 12.6. The van der Waals surface area contributed by atoms with Crippen LogP contribution in [0.1, 0.15) is 16.9 Å². The van der Waals surface area contributed by atoms with Crippen molar-refractivity contribution < 1.29 is 29.1 Å². The molecule has 3 rings (SSSR count). The Morgan fingerprint density at radius 3 is 2.48 bits per heavy atom. The number of amides is 1. The summed E-state index contributed by atoms with van der Waals surface area (Å²) in [6.45, 7) is 0.00581. The highest BCUT2D eigenvalue weighted by molar-refractivity contribution is 6.03. The Morgan fingerprint density at radius 1 is 1.13 bits per heavy atom. The van der Waals surface area contributed by atoms with Crippen molar-refractivity contribution in [2.45, 2.75) is 13.0 Å². The van der Waals surface area contributed by atoms with Crippen LogP contribution < -0.4 is 14.8 Å². The Hall–Kier alpha value is -4.41. The monoisotopic (exact) mass is 426 g/mol. The average Bonchev–Trinajstić information content (AvgIpc) is 3.21. The van der Waals surface area contributed by atoms with Crippen molar-refractivity contribution >= 4 is 23.3 Å². The highest BCUT2D eigenvalue weighted by atomic mass is 16.6. The van der Waals surface area contributed by atoms with Gasteiger partial charge in [0.1, 0.15) is 22.9 Å². The van der Waals surface area contributed by atoms with Crippen LogP contribution in [0.25, 0.3) is 0 Å². The molecule has 11 nitrogen and oxygen atoms in total. The van der Waals surface area contributed by atoms with E-state index in [9.17, 15) is 19.7 Å². The van der Waals surface area contributed by atoms with Crippen LogP contribution in [-0.2, 0) is 11.3 Å². The number of nitrogens with zero attached hydrogens (tertiary/aromatic N) is 3. The van der Waals surface area contributed by atoms with E-state index in [1.165, 1.54) is 42.3 Å². The van der Waals surface area contributed by atoms with Crippen LogP contribution in [0, 0.1) is 10.1 Å². The summed E-state index contributed by atoms with van der Waals surface area (Å²) in [7, 11) is 1.53. The second-order valence-corrected chi connectivity index (χ2v) is 6.29. The average molecular weight is 426 g/mol. The molecule has 1 amide bonds. The number of methoxy groups -OCH3 is 1. The van der Waals surface area contributed by atoms with Gasteiger partial charge in [-0.1, -0.05) is 0 Å². The maximum atomic E-state index is 12.6. The summed E-state index contributed by atoms with van der Waals surface area (Å²) in [6, 6.07) is 11.9. The first-order valence-corrected chi connectivity index (χ1v) is 9.02. The first-order valence-electron chi connectivity index (χ1n) is 9.02. The van der Waals surface area contributed by atoms with Crippen LogP contribution in [0.2, 0.25) is 0 Å². The molecule has 160 valence electrons. The molecule has 0 atom stereocenters. The summed E-state index contributed by atoms with van der Waals surface area (Å²) in [5.74, 6) is -0.433. The number of nitrogens with one attached hydrogen (secondary N) is 1. The molecule has 11 heteroatoms. The van der Waals surface area contributed by atoms with E-state index in [1.807, 2.05) is 0 Å². The number of anilines is 1. The van der Waals surface area contributed by atoms with Gasteiger partial charge < -0.3 is 19.9 Å². The van der Waals surface area contributed by atoms with Gasteiger partial charge in [0, 0.05) is 18.3 Å². The summed E-state index contributed by atoms with van der Waals surface area (Å²) in [5.41, 5.74) is -0.0280. The summed E-state index contributed by atoms with van der Waals surface area (Å²) in [4.78, 5) is 34.1. The molecule has 0 fully saturated rings. The standard InChI is InChI=1S/C20H18N4O7/c1-30-15-2-4-16(5-3-15)31-17-11-13(10-14(12-17)24(28)29)22-20(27)18-6-8-21-23(18)9-7-19(25)26/h2-6,8,10-12H,7,9H2,1H3,(H,22,27)(H,25,26). The molecule has 2 aromatic carbocycles. The smallest absolute Gasteiger partial charge is 0.305 e. The highest BCUT2D eigenvalue weighted by Gasteiger charge is 2.17. The molecule has 0 bridgehead atoms. The molecule has 0 aliphatic carbocycles. The van der Waals surface area contributed by atoms with Gasteiger partial charge in [-0.05, 0) is 30.3 Å². The van der Waals surface area contributed by atoms with Gasteiger partial charge in [0.2, 0.25) is 0 Å². The number of nitro groups is 1. The SMILES string of the molecule is COc1ccc(Oc2cc(NC(=O)c3ccnn3CCC(=O)O)cc([N+](=O)[O-])c2)cc1. The van der Waals surface area contributed by atoms with E-state index in [1.54, 1.807) is 24.3 Å². The van der Waals surface area contributed by atoms with Crippen molar-refractivity contribution in [1.82, 2.24) is 9.78 Å². The number of aromatic nitrogens is 2. The van der Waals surface area contributed by atoms with Crippen LogP contribution in [0.5, 0.6) is 17.2 Å². The van der Waals surface area contributed by atoms with E-state index in [0.29, 0.717) is 11.5 Å². The number of ether oxygens (including phenoxy) is 2. The van der Waals surface area contributed by atoms with Crippen LogP contribution in [0.4, 0.5) is 11.4 Å². The number of aryl methyl sites for hydroxylation is 1. The number of carbonyl (C=O) groups is 2. The number of carboxylic acid groups (broad SMARTS) is 1. The molecular formula is C20H18N4O7. The molecule has 0 spiro atoms. The Kier molecular flexibility index (Phi) is 6.45. The number of carbonyl (C=O) groups excluding carboxylic acids is 1. The Morgan fingerprint density at radius 2 is 1.84 bits per heavy atom. The molecule has 0 saturated carbocycles. The molecule has 3 aromatic rings. The lowest BCUT2D eigenvalue weighted by atomic mass is 10.2. The van der Waals surface area contributed by atoms with Gasteiger partial charge in [0.15, 0.2) is 0 Å². The number of hydrogen-bond donors (Lipinski definition) is 2. The first-order chi connectivity index (χ1) is 14.9. The van der Waals surface area contributed by atoms with Gasteiger partial charge in [-0.3, -0.25) is 24.4 Å². The summed E-state index contributed by atoms with van der Waals surface area (Å²) >= 11 is 0. The van der Waals surface area contributed by atoms with E-state index >= 15 is 0 Å². The number of rotatable bonds is 9. The molecule has 1 heterocycles. The first kappa shape index (κ1) is 21.3. The van der Waals surface area contributed by atoms with Crippen molar-refractivity contribution in [2.24, 2.45) is 0 Å². The molecule has 0 radical (unpaired) electrons. The Bertz CT molecular complexity index is 1110. The van der Waals surface area contributed by atoms with Crippen molar-refractivity contribution in [3.05, 3.63) is 70.5 Å². The van der Waals surface area contributed by atoms with Gasteiger partial charge in [0.25, 0.3) is 11.6 Å². The fourth-order valence-corrected chi connectivity index (χ4v) is 2.70. The fourth-order valence-electron chi connectivity index (χ4n) is 2.70. The van der Waals surface area contributed by atoms with Crippen molar-refractivity contribution in [3.8, 4) is 17.2 Å². The zero-order valence-electron chi connectivity index (χ0n) is 16.3. The van der Waals surface area contributed by atoms with Crippen LogP contribution in [0.15, 0.2) is 54.7 Å². The van der Waals surface area contributed by atoms with E-state index in [-0.39, 0.29) is 35.8 Å². The third-order valence-electron chi connectivity index (χ3n) is 4.14. The summed E-state index contributed by atoms with van der Waals surface area (Å²) in [6.07, 6.45) is 1.15. The highest BCUT2D eigenvalue weighted by Crippen LogP contribution is 2.30. The van der Waals surface area contributed by atoms with Gasteiger partial charge in [-0.2, -0.15) is 5.10 Å². The van der Waals surface area contributed by atoms with Gasteiger partial charge >= 0.3 is 5.97 Å². The predicted octanol–water partition coefficient (Wildman–Crippen LogP) is 3.32. The van der Waals surface area contributed by atoms with Gasteiger partial charge in [0.05, 0.1) is 36.8 Å². The second kappa shape index (κ2) is 9.39. The minimum atomic E-state index is -1.03. The molecule has 0 saturated heterocycles. The van der Waals surface area contributed by atoms with Gasteiger partial charge in [-0.15, -0.1) is 0 Å². The van der Waals surface area contributed by atoms with Crippen LogP contribution in [0.3, 0.4) is 0 Å². The minimum absolute atomic E-state index is 0.00581. The number of non-ortho nitro benzene ring substituents is 1. The van der Waals surface area contributed by atoms with E-state index in [2.05, 4.69) is 10.4 Å². The molecule has 31 heavy (non-hydrogen) atoms. The quantitative estimate of drug-likeness (QED) is 0.391. The van der Waals surface area contributed by atoms with E-state index in [0.717, 1.165) is 0 Å². The molecular weight excluding hydrogens is 408 g/mol. The number of aliphatic carboxylic acids is 1. The topological polar surface area (TPSA) is 146 Å². The molecule has 0 aliphatic rings. The molecule has 1 aromatic heterocycles. The summed E-state index contributed by atoms with van der Waals surface area (Å²) in [5, 5.41) is 26.6. The number of carboxylic acids is 1. The van der Waals surface area contributed by atoms with Crippen molar-refractivity contribution in [1.29, 1.82) is 0 Å². The zero-order valence-corrected chi connectivity index (χ0v) is 16.3. The molecule has 2 N–H and O–H groups in total. The van der Waals surface area contributed by atoms with Crippen molar-refractivity contribution in [3.63, 3.8) is 0 Å². The lowest BCUT2D eigenvalue weighted by Gasteiger charge is -2.11. The fraction of sp³-hybridized carbons (Fsp3) is 0.150. The van der Waals surface area contributed by atoms with Gasteiger partial charge in [-0.25, -0.2) is 0 Å². The maximum Gasteiger partial charge on any atom is 0.305 e. The van der Waals surface area contributed by atoms with E-state index in [4.69, 9.17) is 14.6 Å². The Balaban J connectivity index is 1.82. The third kappa shape index (κ3) is 5.56. The second-order valence-electron chi connectivity index (χ2n) is 6.29. The minimum Gasteiger partial charge on any atom is -0.497 e. The third-order valence-corrected chi connectivity index (χ3v) is 4.14. The number of nitro benzene ring substituents is 1. The lowest BCUT2D eigenvalue weighted by molar-refractivity contribution is -0.384. The zero-order chi connectivity index (χ0) is 22.4. The lowest BCUT2D eigenvalue weighted by Crippen LogP contribution is -2.19. The molecule has 0 unspecified atom stereocenters. The van der Waals surface area contributed by atoms with Crippen LogP contribution >= 0.6 is 0 Å².